The summed E-state index contributed by atoms with van der Waals surface area (Å²) in [7, 11) is 0. The molecule has 0 unspecified atom stereocenters. The van der Waals surface area contributed by atoms with Gasteiger partial charge in [0.05, 0.1) is 18.0 Å². The highest BCUT2D eigenvalue weighted by Crippen LogP contribution is 2.31. The van der Waals surface area contributed by atoms with E-state index in [0.717, 1.165) is 5.56 Å². The summed E-state index contributed by atoms with van der Waals surface area (Å²) < 4.78 is 11.5. The zero-order chi connectivity index (χ0) is 24.2. The van der Waals surface area contributed by atoms with E-state index in [2.05, 4.69) is 10.6 Å². The van der Waals surface area contributed by atoms with Crippen molar-refractivity contribution >= 4 is 23.2 Å². The predicted octanol–water partition coefficient (Wildman–Crippen LogP) is 3.31. The van der Waals surface area contributed by atoms with Gasteiger partial charge in [0.25, 0.3) is 5.91 Å². The van der Waals surface area contributed by atoms with Crippen molar-refractivity contribution in [3.8, 4) is 0 Å². The Morgan fingerprint density at radius 3 is 2.59 bits per heavy atom. The summed E-state index contributed by atoms with van der Waals surface area (Å²) in [5.74, 6) is -0.204. The van der Waals surface area contributed by atoms with Crippen LogP contribution in [0.15, 0.2) is 66.4 Å². The molecule has 2 amide bonds. The van der Waals surface area contributed by atoms with Gasteiger partial charge >= 0.3 is 0 Å². The minimum absolute atomic E-state index is 0.0102. The lowest BCUT2D eigenvalue weighted by atomic mass is 9.93. The smallest absolute Gasteiger partial charge is 0.286 e. The number of benzene rings is 2. The first kappa shape index (κ1) is 25.3. The number of rotatable bonds is 12. The molecular formula is C26H33N3O5. The second kappa shape index (κ2) is 13.4. The Hall–Kier alpha value is -3.36. The van der Waals surface area contributed by atoms with Crippen molar-refractivity contribution in [1.82, 2.24) is 5.32 Å². The van der Waals surface area contributed by atoms with Crippen LogP contribution in [0, 0.1) is 0 Å². The van der Waals surface area contributed by atoms with Gasteiger partial charge in [0.15, 0.2) is 5.76 Å². The molecule has 0 aromatic heterocycles. The molecule has 0 radical (unpaired) electrons. The van der Waals surface area contributed by atoms with Gasteiger partial charge in [0, 0.05) is 31.9 Å². The minimum Gasteiger partial charge on any atom is -0.459 e. The van der Waals surface area contributed by atoms with Gasteiger partial charge < -0.3 is 30.9 Å². The van der Waals surface area contributed by atoms with Gasteiger partial charge in [-0.3, -0.25) is 9.59 Å². The van der Waals surface area contributed by atoms with E-state index in [4.69, 9.17) is 20.3 Å². The normalized spacial score (nSPS) is 17.4. The Bertz CT molecular complexity index is 964. The molecule has 182 valence electrons. The van der Waals surface area contributed by atoms with Gasteiger partial charge in [-0.1, -0.05) is 42.5 Å². The SMILES string of the molecule is Nc1ccccc1NC(=O)CCCCNC(=O)C1=C[C@H](c2ccccc2)C[C@H](OCCCO)O1. The molecule has 34 heavy (non-hydrogen) atoms. The highest BCUT2D eigenvalue weighted by atomic mass is 16.7. The number of allylic oxidation sites excluding steroid dienone is 1. The lowest BCUT2D eigenvalue weighted by Crippen LogP contribution is -2.33. The van der Waals surface area contributed by atoms with E-state index < -0.39 is 6.29 Å². The molecule has 8 nitrogen and oxygen atoms in total. The van der Waals surface area contributed by atoms with Gasteiger partial charge in [-0.15, -0.1) is 0 Å². The second-order valence-electron chi connectivity index (χ2n) is 8.13. The second-order valence-corrected chi connectivity index (χ2v) is 8.13. The van der Waals surface area contributed by atoms with E-state index in [1.807, 2.05) is 48.5 Å². The third-order valence-corrected chi connectivity index (χ3v) is 5.47. The number of hydrogen-bond donors (Lipinski definition) is 4. The number of para-hydroxylation sites is 2. The Balaban J connectivity index is 1.46. The number of carbonyl (C=O) groups excluding carboxylic acids is 2. The van der Waals surface area contributed by atoms with Crippen LogP contribution in [-0.2, 0) is 19.1 Å². The molecule has 8 heteroatoms. The zero-order valence-electron chi connectivity index (χ0n) is 19.2. The highest BCUT2D eigenvalue weighted by molar-refractivity contribution is 5.93. The number of carbonyl (C=O) groups is 2. The summed E-state index contributed by atoms with van der Waals surface area (Å²) >= 11 is 0. The third kappa shape index (κ3) is 7.90. The Kier molecular flexibility index (Phi) is 9.94. The van der Waals surface area contributed by atoms with Crippen molar-refractivity contribution in [3.63, 3.8) is 0 Å². The number of anilines is 2. The first-order chi connectivity index (χ1) is 16.6. The van der Waals surface area contributed by atoms with E-state index in [0.29, 0.717) is 56.6 Å². The lowest BCUT2D eigenvalue weighted by molar-refractivity contribution is -0.146. The van der Waals surface area contributed by atoms with Crippen molar-refractivity contribution in [1.29, 1.82) is 0 Å². The van der Waals surface area contributed by atoms with Gasteiger partial charge in [-0.2, -0.15) is 0 Å². The molecule has 0 aliphatic carbocycles. The van der Waals surface area contributed by atoms with Crippen molar-refractivity contribution < 1.29 is 24.2 Å². The quantitative estimate of drug-likeness (QED) is 0.281. The number of hydrogen-bond acceptors (Lipinski definition) is 6. The Labute approximate surface area is 200 Å². The number of unbranched alkanes of at least 4 members (excludes halogenated alkanes) is 1. The molecular weight excluding hydrogens is 434 g/mol. The maximum absolute atomic E-state index is 12.7. The summed E-state index contributed by atoms with van der Waals surface area (Å²) in [6.07, 6.45) is 3.97. The van der Waals surface area contributed by atoms with E-state index in [-0.39, 0.29) is 30.1 Å². The van der Waals surface area contributed by atoms with Crippen LogP contribution in [0.4, 0.5) is 11.4 Å². The number of nitrogens with one attached hydrogen (secondary N) is 2. The molecule has 0 spiro atoms. The molecule has 0 saturated carbocycles. The highest BCUT2D eigenvalue weighted by Gasteiger charge is 2.28. The van der Waals surface area contributed by atoms with E-state index in [9.17, 15) is 9.59 Å². The van der Waals surface area contributed by atoms with E-state index >= 15 is 0 Å². The first-order valence-corrected chi connectivity index (χ1v) is 11.6. The fraction of sp³-hybridized carbons (Fsp3) is 0.385. The number of aliphatic hydroxyl groups is 1. The molecule has 1 aliphatic rings. The molecule has 3 rings (SSSR count). The van der Waals surface area contributed by atoms with Crippen LogP contribution in [-0.4, -0.2) is 43.0 Å². The molecule has 0 bridgehead atoms. The van der Waals surface area contributed by atoms with Crippen LogP contribution in [0.3, 0.4) is 0 Å². The summed E-state index contributed by atoms with van der Waals surface area (Å²) in [5, 5.41) is 14.7. The van der Waals surface area contributed by atoms with Crippen molar-refractivity contribution in [3.05, 3.63) is 72.0 Å². The molecule has 0 saturated heterocycles. The first-order valence-electron chi connectivity index (χ1n) is 11.6. The van der Waals surface area contributed by atoms with Gasteiger partial charge in [0.1, 0.15) is 0 Å². The number of nitrogens with two attached hydrogens (primary N) is 1. The fourth-order valence-electron chi connectivity index (χ4n) is 3.65. The predicted molar refractivity (Wildman–Crippen MR) is 131 cm³/mol. The molecule has 5 N–H and O–H groups in total. The molecule has 2 aromatic carbocycles. The van der Waals surface area contributed by atoms with Crippen LogP contribution >= 0.6 is 0 Å². The monoisotopic (exact) mass is 467 g/mol. The average Bonchev–Trinajstić information content (AvgIpc) is 2.85. The van der Waals surface area contributed by atoms with Crippen molar-refractivity contribution in [2.24, 2.45) is 0 Å². The molecule has 0 fully saturated rings. The van der Waals surface area contributed by atoms with Crippen LogP contribution in [0.1, 0.15) is 43.6 Å². The largest absolute Gasteiger partial charge is 0.459 e. The molecule has 1 heterocycles. The van der Waals surface area contributed by atoms with Crippen LogP contribution in [0.2, 0.25) is 0 Å². The van der Waals surface area contributed by atoms with E-state index in [1.54, 1.807) is 12.1 Å². The van der Waals surface area contributed by atoms with E-state index in [1.165, 1.54) is 0 Å². The number of aliphatic hydroxyl groups excluding tert-OH is 1. The third-order valence-electron chi connectivity index (χ3n) is 5.47. The number of amides is 2. The van der Waals surface area contributed by atoms with Crippen LogP contribution < -0.4 is 16.4 Å². The summed E-state index contributed by atoms with van der Waals surface area (Å²) in [6, 6.07) is 17.0. The summed E-state index contributed by atoms with van der Waals surface area (Å²) in [5.41, 5.74) is 8.05. The molecule has 2 atom stereocenters. The zero-order valence-corrected chi connectivity index (χ0v) is 19.2. The Morgan fingerprint density at radius 2 is 1.82 bits per heavy atom. The van der Waals surface area contributed by atoms with Crippen LogP contribution in [0.5, 0.6) is 0 Å². The van der Waals surface area contributed by atoms with Gasteiger partial charge in [-0.05, 0) is 43.0 Å². The van der Waals surface area contributed by atoms with Crippen LogP contribution in [0.25, 0.3) is 0 Å². The number of ether oxygens (including phenoxy) is 2. The van der Waals surface area contributed by atoms with Crippen molar-refractivity contribution in [2.75, 3.05) is 30.8 Å². The topological polar surface area (TPSA) is 123 Å². The number of nitrogen functional groups attached to an aromatic ring is 1. The van der Waals surface area contributed by atoms with Gasteiger partial charge in [0.2, 0.25) is 12.2 Å². The Morgan fingerprint density at radius 1 is 1.06 bits per heavy atom. The minimum atomic E-state index is -0.559. The summed E-state index contributed by atoms with van der Waals surface area (Å²) in [6.45, 7) is 0.815. The van der Waals surface area contributed by atoms with Gasteiger partial charge in [-0.25, -0.2) is 0 Å². The molecule has 1 aliphatic heterocycles. The maximum atomic E-state index is 12.7. The molecule has 2 aromatic rings. The lowest BCUT2D eigenvalue weighted by Gasteiger charge is -2.29. The maximum Gasteiger partial charge on any atom is 0.286 e. The van der Waals surface area contributed by atoms with Crippen molar-refractivity contribution in [2.45, 2.75) is 44.3 Å². The summed E-state index contributed by atoms with van der Waals surface area (Å²) in [4.78, 5) is 24.8. The standard InChI is InChI=1S/C26H33N3O5/c27-21-11-4-5-12-22(21)29-24(31)13-6-7-14-28-26(32)23-17-20(19-9-2-1-3-10-19)18-25(34-23)33-16-8-15-30/h1-5,9-12,17,20,25,30H,6-8,13-16,18,27H2,(H,28,32)(H,29,31)/t20-,25+/m0/s1. The fourth-order valence-corrected chi connectivity index (χ4v) is 3.65. The average molecular weight is 468 g/mol.